The zero-order chi connectivity index (χ0) is 13.3. The standard InChI is InChI=1S/C12H14ClN3OS/c1-15(2)5-6-16-11(17)9-4-3-8(13)7-10(9)14-12(16)18/h3-4,7,9H,5-6H2,1-2H3. The summed E-state index contributed by atoms with van der Waals surface area (Å²) in [5.41, 5.74) is 0.638. The van der Waals surface area contributed by atoms with Crippen molar-refractivity contribution in [1.29, 1.82) is 0 Å². The summed E-state index contributed by atoms with van der Waals surface area (Å²) in [6.07, 6.45) is 5.19. The molecule has 2 aliphatic rings. The van der Waals surface area contributed by atoms with Gasteiger partial charge in [0, 0.05) is 18.1 Å². The van der Waals surface area contributed by atoms with Gasteiger partial charge in [-0.1, -0.05) is 17.7 Å². The van der Waals surface area contributed by atoms with Gasteiger partial charge >= 0.3 is 0 Å². The summed E-state index contributed by atoms with van der Waals surface area (Å²) in [6.45, 7) is 1.31. The zero-order valence-electron chi connectivity index (χ0n) is 10.3. The van der Waals surface area contributed by atoms with Crippen molar-refractivity contribution in [2.24, 2.45) is 10.9 Å². The molecule has 0 spiro atoms. The number of aliphatic imine (C=N–C) groups is 1. The molecule has 0 aromatic rings. The van der Waals surface area contributed by atoms with E-state index in [2.05, 4.69) is 4.99 Å². The first-order valence-electron chi connectivity index (χ1n) is 5.63. The number of carbonyl (C=O) groups is 1. The Morgan fingerprint density at radius 3 is 2.94 bits per heavy atom. The number of carbonyl (C=O) groups excluding carboxylic acids is 1. The van der Waals surface area contributed by atoms with Gasteiger partial charge in [-0.25, -0.2) is 4.99 Å². The molecular formula is C12H14ClN3OS. The summed E-state index contributed by atoms with van der Waals surface area (Å²) in [5, 5.41) is 0.895. The van der Waals surface area contributed by atoms with Gasteiger partial charge in [0.25, 0.3) is 0 Å². The average Bonchev–Trinajstić information content (AvgIpc) is 2.27. The molecule has 0 aromatic heterocycles. The fourth-order valence-corrected chi connectivity index (χ4v) is 2.29. The van der Waals surface area contributed by atoms with Gasteiger partial charge in [0.1, 0.15) is 0 Å². The highest BCUT2D eigenvalue weighted by Gasteiger charge is 2.34. The van der Waals surface area contributed by atoms with Crippen molar-refractivity contribution < 1.29 is 4.79 Å². The lowest BCUT2D eigenvalue weighted by Gasteiger charge is -2.31. The third-order valence-electron chi connectivity index (χ3n) is 2.81. The molecule has 6 heteroatoms. The smallest absolute Gasteiger partial charge is 0.241 e. The molecule has 1 aliphatic heterocycles. The Morgan fingerprint density at radius 1 is 1.56 bits per heavy atom. The van der Waals surface area contributed by atoms with E-state index in [1.165, 1.54) is 0 Å². The van der Waals surface area contributed by atoms with Crippen LogP contribution in [-0.4, -0.2) is 53.7 Å². The molecule has 1 atom stereocenters. The van der Waals surface area contributed by atoms with Gasteiger partial charge in [0.2, 0.25) is 11.0 Å². The summed E-state index contributed by atoms with van der Waals surface area (Å²) in [6, 6.07) is 0. The molecule has 2 rings (SSSR count). The third-order valence-corrected chi connectivity index (χ3v) is 3.36. The van der Waals surface area contributed by atoms with E-state index in [4.69, 9.17) is 23.8 Å². The second-order valence-electron chi connectivity index (χ2n) is 4.48. The normalized spacial score (nSPS) is 23.1. The van der Waals surface area contributed by atoms with Crippen LogP contribution >= 0.6 is 23.8 Å². The van der Waals surface area contributed by atoms with E-state index in [0.717, 1.165) is 6.54 Å². The maximum absolute atomic E-state index is 12.3. The SMILES string of the molecule is CN(C)CCN1C(=O)C2C=CC(Cl)=CC2=NC1=S. The van der Waals surface area contributed by atoms with Gasteiger partial charge < -0.3 is 4.90 Å². The van der Waals surface area contributed by atoms with Gasteiger partial charge in [-0.3, -0.25) is 9.69 Å². The molecule has 0 N–H and O–H groups in total. The van der Waals surface area contributed by atoms with Crippen molar-refractivity contribution in [2.75, 3.05) is 27.2 Å². The second-order valence-corrected chi connectivity index (χ2v) is 5.28. The Labute approximate surface area is 117 Å². The Bertz CT molecular complexity index is 482. The van der Waals surface area contributed by atoms with Crippen LogP contribution in [0.15, 0.2) is 28.3 Å². The molecule has 18 heavy (non-hydrogen) atoms. The van der Waals surface area contributed by atoms with Crippen LogP contribution in [0, 0.1) is 5.92 Å². The van der Waals surface area contributed by atoms with Crippen LogP contribution in [-0.2, 0) is 4.79 Å². The van der Waals surface area contributed by atoms with Crippen molar-refractivity contribution in [2.45, 2.75) is 0 Å². The Kier molecular flexibility index (Phi) is 3.94. The van der Waals surface area contributed by atoms with E-state index < -0.39 is 0 Å². The van der Waals surface area contributed by atoms with Crippen LogP contribution in [0.1, 0.15) is 0 Å². The summed E-state index contributed by atoms with van der Waals surface area (Å²) < 4.78 is 0. The fraction of sp³-hybridized carbons (Fsp3) is 0.417. The number of thiocarbonyl (C=S) groups is 1. The van der Waals surface area contributed by atoms with Crippen LogP contribution in [0.3, 0.4) is 0 Å². The largest absolute Gasteiger partial charge is 0.308 e. The molecular weight excluding hydrogens is 270 g/mol. The Balaban J connectivity index is 2.21. The van der Waals surface area contributed by atoms with Crippen LogP contribution in [0.4, 0.5) is 0 Å². The molecule has 1 heterocycles. The van der Waals surface area contributed by atoms with Crippen molar-refractivity contribution in [3.05, 3.63) is 23.3 Å². The molecule has 0 saturated carbocycles. The number of amides is 1. The predicted octanol–water partition coefficient (Wildman–Crippen LogP) is 1.42. The minimum absolute atomic E-state index is 0.0245. The lowest BCUT2D eigenvalue weighted by atomic mass is 9.95. The number of likely N-dealkylation sites (N-methyl/N-ethyl adjacent to an activating group) is 1. The first-order valence-corrected chi connectivity index (χ1v) is 6.41. The van der Waals surface area contributed by atoms with Gasteiger partial charge in [0.15, 0.2) is 0 Å². The maximum atomic E-state index is 12.3. The molecule has 1 unspecified atom stereocenters. The molecule has 0 radical (unpaired) electrons. The van der Waals surface area contributed by atoms with Crippen molar-refractivity contribution >= 4 is 40.6 Å². The molecule has 4 nitrogen and oxygen atoms in total. The number of allylic oxidation sites excluding steroid dienone is 3. The zero-order valence-corrected chi connectivity index (χ0v) is 11.8. The molecule has 0 aromatic carbocycles. The number of hydrogen-bond donors (Lipinski definition) is 0. The highest BCUT2D eigenvalue weighted by atomic mass is 35.5. The predicted molar refractivity (Wildman–Crippen MR) is 76.9 cm³/mol. The Morgan fingerprint density at radius 2 is 2.28 bits per heavy atom. The molecule has 96 valence electrons. The van der Waals surface area contributed by atoms with Crippen LogP contribution in [0.25, 0.3) is 0 Å². The molecule has 1 amide bonds. The Hall–Kier alpha value is -1.04. The van der Waals surface area contributed by atoms with E-state index >= 15 is 0 Å². The number of halogens is 1. The van der Waals surface area contributed by atoms with Crippen LogP contribution in [0.2, 0.25) is 0 Å². The quantitative estimate of drug-likeness (QED) is 0.735. The number of rotatable bonds is 3. The third kappa shape index (κ3) is 2.68. The second kappa shape index (κ2) is 5.30. The summed E-state index contributed by atoms with van der Waals surface area (Å²) in [4.78, 5) is 20.2. The van der Waals surface area contributed by atoms with Crippen LogP contribution < -0.4 is 0 Å². The van der Waals surface area contributed by atoms with E-state index in [1.54, 1.807) is 23.1 Å². The molecule has 1 aliphatic carbocycles. The van der Waals surface area contributed by atoms with Crippen molar-refractivity contribution in [3.63, 3.8) is 0 Å². The van der Waals surface area contributed by atoms with Crippen molar-refractivity contribution in [3.8, 4) is 0 Å². The molecule has 0 bridgehead atoms. The van der Waals surface area contributed by atoms with E-state index in [1.807, 2.05) is 19.0 Å². The van der Waals surface area contributed by atoms with Gasteiger partial charge in [-0.05, 0) is 38.5 Å². The van der Waals surface area contributed by atoms with Gasteiger partial charge in [0.05, 0.1) is 11.6 Å². The highest BCUT2D eigenvalue weighted by Crippen LogP contribution is 2.23. The van der Waals surface area contributed by atoms with E-state index in [-0.39, 0.29) is 11.8 Å². The average molecular weight is 284 g/mol. The summed E-state index contributed by atoms with van der Waals surface area (Å²) in [5.74, 6) is -0.370. The number of nitrogens with zero attached hydrogens (tertiary/aromatic N) is 3. The van der Waals surface area contributed by atoms with E-state index in [0.29, 0.717) is 22.4 Å². The first-order chi connectivity index (χ1) is 8.49. The minimum atomic E-state index is -0.346. The van der Waals surface area contributed by atoms with E-state index in [9.17, 15) is 4.79 Å². The lowest BCUT2D eigenvalue weighted by molar-refractivity contribution is -0.128. The number of hydrogen-bond acceptors (Lipinski definition) is 3. The summed E-state index contributed by atoms with van der Waals surface area (Å²) in [7, 11) is 3.91. The summed E-state index contributed by atoms with van der Waals surface area (Å²) >= 11 is 11.1. The monoisotopic (exact) mass is 283 g/mol. The maximum Gasteiger partial charge on any atom is 0.241 e. The topological polar surface area (TPSA) is 35.9 Å². The highest BCUT2D eigenvalue weighted by molar-refractivity contribution is 7.80. The molecule has 0 saturated heterocycles. The van der Waals surface area contributed by atoms with Gasteiger partial charge in [-0.15, -0.1) is 0 Å². The molecule has 0 fully saturated rings. The van der Waals surface area contributed by atoms with Crippen LogP contribution in [0.5, 0.6) is 0 Å². The first kappa shape index (κ1) is 13.4. The van der Waals surface area contributed by atoms with Gasteiger partial charge in [-0.2, -0.15) is 0 Å². The fourth-order valence-electron chi connectivity index (χ4n) is 1.82. The van der Waals surface area contributed by atoms with Crippen molar-refractivity contribution in [1.82, 2.24) is 9.80 Å². The minimum Gasteiger partial charge on any atom is -0.308 e. The lowest BCUT2D eigenvalue weighted by Crippen LogP contribution is -2.48. The number of fused-ring (bicyclic) bond motifs is 1.